The van der Waals surface area contributed by atoms with E-state index in [1.54, 1.807) is 30.7 Å². The van der Waals surface area contributed by atoms with E-state index in [1.165, 1.54) is 12.1 Å². The van der Waals surface area contributed by atoms with Crippen LogP contribution in [-0.2, 0) is 12.6 Å². The summed E-state index contributed by atoms with van der Waals surface area (Å²) in [7, 11) is 0. The van der Waals surface area contributed by atoms with Crippen LogP contribution in [-0.4, -0.2) is 20.3 Å². The van der Waals surface area contributed by atoms with Crippen LogP contribution in [0.15, 0.2) is 85.5 Å². The molecule has 1 amide bonds. The largest absolute Gasteiger partial charge is 0.416 e. The minimum atomic E-state index is -4.49. The molecule has 5 aromatic rings. The Bertz CT molecular complexity index is 1620. The van der Waals surface area contributed by atoms with Crippen LogP contribution >= 0.6 is 0 Å². The van der Waals surface area contributed by atoms with Gasteiger partial charge in [-0.25, -0.2) is 4.98 Å². The van der Waals surface area contributed by atoms with Gasteiger partial charge in [-0.1, -0.05) is 25.1 Å². The molecule has 37 heavy (non-hydrogen) atoms. The molecule has 0 atom stereocenters. The number of fused-ring (bicyclic) bond motifs is 1. The molecule has 186 valence electrons. The van der Waals surface area contributed by atoms with Gasteiger partial charge in [0.25, 0.3) is 5.91 Å². The number of carbonyl (C=O) groups is 1. The molecule has 0 bridgehead atoms. The van der Waals surface area contributed by atoms with Gasteiger partial charge in [0, 0.05) is 29.2 Å². The van der Waals surface area contributed by atoms with E-state index in [9.17, 15) is 18.0 Å². The van der Waals surface area contributed by atoms with Crippen LogP contribution < -0.4 is 5.32 Å². The minimum absolute atomic E-state index is 0.0842. The number of alkyl halides is 3. The third-order valence-corrected chi connectivity index (χ3v) is 6.20. The van der Waals surface area contributed by atoms with Crippen LogP contribution in [0.2, 0.25) is 0 Å². The highest BCUT2D eigenvalue weighted by atomic mass is 19.4. The molecule has 3 aromatic carbocycles. The zero-order valence-electron chi connectivity index (χ0n) is 20.2. The molecule has 5 nitrogen and oxygen atoms in total. The summed E-state index contributed by atoms with van der Waals surface area (Å²) in [4.78, 5) is 21.6. The van der Waals surface area contributed by atoms with Gasteiger partial charge in [-0.05, 0) is 78.1 Å². The number of rotatable bonds is 5. The normalized spacial score (nSPS) is 11.6. The van der Waals surface area contributed by atoms with Gasteiger partial charge < -0.3 is 5.32 Å². The Kier molecular flexibility index (Phi) is 6.25. The van der Waals surface area contributed by atoms with E-state index in [1.807, 2.05) is 30.5 Å². The fraction of sp³-hybridized carbons (Fsp3) is 0.138. The van der Waals surface area contributed by atoms with Gasteiger partial charge >= 0.3 is 6.18 Å². The lowest BCUT2D eigenvalue weighted by atomic mass is 9.92. The number of hydrogen-bond acceptors (Lipinski definition) is 3. The third kappa shape index (κ3) is 4.95. The highest BCUT2D eigenvalue weighted by molar-refractivity contribution is 6.05. The van der Waals surface area contributed by atoms with E-state index in [0.717, 1.165) is 57.7 Å². The lowest BCUT2D eigenvalue weighted by Gasteiger charge is -2.14. The first-order chi connectivity index (χ1) is 17.7. The van der Waals surface area contributed by atoms with Gasteiger partial charge in [0.05, 0.1) is 23.7 Å². The first-order valence-corrected chi connectivity index (χ1v) is 11.7. The standard InChI is InChI=1S/C29H23F3N4O/c1-3-19-7-8-20(28(37)35-24-6-4-5-23(15-24)29(30,31)32)14-25(19)21-11-18(2)12-22(13-21)26-16-34-27-17-33-9-10-36(26)27/h4-17H,3H2,1-2H3,(H,35,37). The van der Waals surface area contributed by atoms with Crippen molar-refractivity contribution in [2.75, 3.05) is 5.32 Å². The number of imidazole rings is 1. The van der Waals surface area contributed by atoms with Crippen molar-refractivity contribution in [3.8, 4) is 22.4 Å². The zero-order chi connectivity index (χ0) is 26.2. The maximum atomic E-state index is 13.1. The number of aromatic nitrogens is 3. The summed E-state index contributed by atoms with van der Waals surface area (Å²) >= 11 is 0. The lowest BCUT2D eigenvalue weighted by molar-refractivity contribution is -0.137. The topological polar surface area (TPSA) is 59.3 Å². The number of hydrogen-bond donors (Lipinski definition) is 1. The van der Waals surface area contributed by atoms with Crippen LogP contribution in [0.25, 0.3) is 28.0 Å². The SMILES string of the molecule is CCc1ccc(C(=O)Nc2cccc(C(F)(F)F)c2)cc1-c1cc(C)cc(-c2cnc3cnccn23)c1. The molecular weight excluding hydrogens is 477 g/mol. The van der Waals surface area contributed by atoms with E-state index < -0.39 is 17.6 Å². The first kappa shape index (κ1) is 24.2. The number of amides is 1. The summed E-state index contributed by atoms with van der Waals surface area (Å²) in [6.07, 6.45) is 3.32. The first-order valence-electron chi connectivity index (χ1n) is 11.7. The van der Waals surface area contributed by atoms with Crippen molar-refractivity contribution in [1.29, 1.82) is 0 Å². The second-order valence-corrected chi connectivity index (χ2v) is 8.79. The minimum Gasteiger partial charge on any atom is -0.322 e. The van der Waals surface area contributed by atoms with E-state index in [-0.39, 0.29) is 5.69 Å². The van der Waals surface area contributed by atoms with Gasteiger partial charge in [-0.2, -0.15) is 13.2 Å². The molecule has 0 aliphatic rings. The predicted octanol–water partition coefficient (Wildman–Crippen LogP) is 7.21. The Morgan fingerprint density at radius 3 is 2.59 bits per heavy atom. The summed E-state index contributed by atoms with van der Waals surface area (Å²) in [6, 6.07) is 16.2. The smallest absolute Gasteiger partial charge is 0.322 e. The number of nitrogens with zero attached hydrogens (tertiary/aromatic N) is 3. The van der Waals surface area contributed by atoms with Crippen LogP contribution in [0.1, 0.15) is 34.0 Å². The fourth-order valence-corrected chi connectivity index (χ4v) is 4.41. The monoisotopic (exact) mass is 500 g/mol. The van der Waals surface area contributed by atoms with Gasteiger partial charge in [0.2, 0.25) is 0 Å². The molecule has 0 unspecified atom stereocenters. The molecular formula is C29H23F3N4O. The van der Waals surface area contributed by atoms with Gasteiger partial charge in [-0.15, -0.1) is 0 Å². The molecule has 5 rings (SSSR count). The number of anilines is 1. The molecule has 0 spiro atoms. The quantitative estimate of drug-likeness (QED) is 0.278. The van der Waals surface area contributed by atoms with E-state index >= 15 is 0 Å². The highest BCUT2D eigenvalue weighted by Gasteiger charge is 2.30. The summed E-state index contributed by atoms with van der Waals surface area (Å²) in [5, 5.41) is 2.60. The van der Waals surface area contributed by atoms with Crippen molar-refractivity contribution >= 4 is 17.2 Å². The summed E-state index contributed by atoms with van der Waals surface area (Å²) in [6.45, 7) is 4.04. The Morgan fingerprint density at radius 2 is 1.81 bits per heavy atom. The van der Waals surface area contributed by atoms with Gasteiger partial charge in [0.1, 0.15) is 0 Å². The van der Waals surface area contributed by atoms with Crippen LogP contribution in [0.5, 0.6) is 0 Å². The molecule has 2 heterocycles. The third-order valence-electron chi connectivity index (χ3n) is 6.20. The number of halogens is 3. The second-order valence-electron chi connectivity index (χ2n) is 8.79. The van der Waals surface area contributed by atoms with E-state index in [4.69, 9.17) is 0 Å². The Hall–Kier alpha value is -4.46. The van der Waals surface area contributed by atoms with Crippen molar-refractivity contribution in [3.63, 3.8) is 0 Å². The molecule has 0 aliphatic heterocycles. The number of carbonyl (C=O) groups excluding carboxylic acids is 1. The van der Waals surface area contributed by atoms with Gasteiger partial charge in [-0.3, -0.25) is 14.2 Å². The van der Waals surface area contributed by atoms with Crippen molar-refractivity contribution in [1.82, 2.24) is 14.4 Å². The van der Waals surface area contributed by atoms with Crippen molar-refractivity contribution in [2.45, 2.75) is 26.4 Å². The lowest BCUT2D eigenvalue weighted by Crippen LogP contribution is -2.13. The summed E-state index contributed by atoms with van der Waals surface area (Å²) < 4.78 is 41.2. The molecule has 0 saturated carbocycles. The maximum Gasteiger partial charge on any atom is 0.416 e. The molecule has 0 aliphatic carbocycles. The zero-order valence-corrected chi connectivity index (χ0v) is 20.2. The number of aryl methyl sites for hydroxylation is 2. The highest BCUT2D eigenvalue weighted by Crippen LogP contribution is 2.33. The molecule has 0 radical (unpaired) electrons. The average Bonchev–Trinajstić information content (AvgIpc) is 3.32. The summed E-state index contributed by atoms with van der Waals surface area (Å²) in [5.74, 6) is -0.481. The Balaban J connectivity index is 1.52. The molecule has 2 aromatic heterocycles. The van der Waals surface area contributed by atoms with E-state index in [2.05, 4.69) is 33.5 Å². The van der Waals surface area contributed by atoms with Crippen LogP contribution in [0.3, 0.4) is 0 Å². The van der Waals surface area contributed by atoms with Crippen molar-refractivity contribution < 1.29 is 18.0 Å². The van der Waals surface area contributed by atoms with E-state index in [0.29, 0.717) is 5.56 Å². The fourth-order valence-electron chi connectivity index (χ4n) is 4.41. The molecule has 0 saturated heterocycles. The molecule has 1 N–H and O–H groups in total. The van der Waals surface area contributed by atoms with Crippen LogP contribution in [0, 0.1) is 6.92 Å². The van der Waals surface area contributed by atoms with Gasteiger partial charge in [0.15, 0.2) is 5.65 Å². The van der Waals surface area contributed by atoms with Crippen LogP contribution in [0.4, 0.5) is 18.9 Å². The predicted molar refractivity (Wildman–Crippen MR) is 137 cm³/mol. The number of nitrogens with one attached hydrogen (secondary N) is 1. The van der Waals surface area contributed by atoms with Crippen molar-refractivity contribution in [3.05, 3.63) is 108 Å². The molecule has 0 fully saturated rings. The summed E-state index contributed by atoms with van der Waals surface area (Å²) in [5.41, 5.74) is 6.16. The molecule has 8 heteroatoms. The number of benzene rings is 3. The average molecular weight is 501 g/mol. The second kappa shape index (κ2) is 9.54. The Labute approximate surface area is 211 Å². The van der Waals surface area contributed by atoms with Crippen molar-refractivity contribution in [2.24, 2.45) is 0 Å². The Morgan fingerprint density at radius 1 is 1.00 bits per heavy atom. The maximum absolute atomic E-state index is 13.1.